The molecule has 1 nitrogen and oxygen atoms in total. The minimum absolute atomic E-state index is 0.401. The van der Waals surface area contributed by atoms with Crippen molar-refractivity contribution in [3.63, 3.8) is 0 Å². The van der Waals surface area contributed by atoms with Crippen LogP contribution in [0.25, 0.3) is 15.9 Å². The molecule has 2 aromatic rings. The fourth-order valence-electron chi connectivity index (χ4n) is 0.977. The first kappa shape index (κ1) is 6.83. The Labute approximate surface area is 71.1 Å². The van der Waals surface area contributed by atoms with Gasteiger partial charge in [0.1, 0.15) is 0 Å². The molecule has 0 amide bonds. The van der Waals surface area contributed by atoms with Crippen LogP contribution in [0.4, 0.5) is 0 Å². The number of hydrogen-bond donors (Lipinski definition) is 0. The normalized spacial score (nSPS) is 10.2. The van der Waals surface area contributed by atoms with Crippen LogP contribution < -0.4 is 0 Å². The average molecular weight is 208 g/mol. The molecule has 0 fully saturated rings. The zero-order valence-electron chi connectivity index (χ0n) is 5.95. The van der Waals surface area contributed by atoms with Crippen molar-refractivity contribution in [3.8, 4) is 0 Å². The molecule has 0 aliphatic carbocycles. The summed E-state index contributed by atoms with van der Waals surface area (Å²) in [4.78, 5) is 4.40. The maximum atomic E-state index is 4.40. The molecular weight excluding hydrogens is 201 g/mol. The number of benzene rings is 1. The second kappa shape index (κ2) is 2.65. The van der Waals surface area contributed by atoms with Crippen LogP contribution in [-0.4, -0.2) is 19.5 Å². The van der Waals surface area contributed by atoms with E-state index < -0.39 is 0 Å². The summed E-state index contributed by atoms with van der Waals surface area (Å²) in [5.74, 6) is 0. The van der Waals surface area contributed by atoms with Gasteiger partial charge < -0.3 is 0 Å². The van der Waals surface area contributed by atoms with E-state index in [4.69, 9.17) is 0 Å². The van der Waals surface area contributed by atoms with E-state index in [1.807, 2.05) is 18.2 Å². The molecule has 54 valence electrons. The molecule has 0 spiro atoms. The standard InChI is InChI=1S/C9H7NSe/c1-2-9-10-7-5-3-4-6-8(7)11-9/h2-6H,1H2. The first-order valence-electron chi connectivity index (χ1n) is 3.38. The van der Waals surface area contributed by atoms with Crippen molar-refractivity contribution >= 4 is 30.4 Å². The number of aromatic nitrogens is 1. The first-order chi connectivity index (χ1) is 5.40. The molecule has 2 heteroatoms. The molecule has 0 bridgehead atoms. The van der Waals surface area contributed by atoms with E-state index >= 15 is 0 Å². The number of para-hydroxylation sites is 1. The van der Waals surface area contributed by atoms with Gasteiger partial charge in [-0.2, -0.15) is 0 Å². The van der Waals surface area contributed by atoms with Gasteiger partial charge in [-0.1, -0.05) is 0 Å². The van der Waals surface area contributed by atoms with E-state index in [0.717, 1.165) is 10.1 Å². The van der Waals surface area contributed by atoms with Crippen LogP contribution in [0.1, 0.15) is 4.57 Å². The Morgan fingerprint density at radius 2 is 2.18 bits per heavy atom. The molecule has 2 rings (SSSR count). The Bertz CT molecular complexity index is 356. The molecule has 0 N–H and O–H groups in total. The van der Waals surface area contributed by atoms with Crippen molar-refractivity contribution in [3.05, 3.63) is 35.4 Å². The Kier molecular flexibility index (Phi) is 1.65. The molecule has 11 heavy (non-hydrogen) atoms. The van der Waals surface area contributed by atoms with Gasteiger partial charge >= 0.3 is 70.8 Å². The van der Waals surface area contributed by atoms with E-state index in [1.54, 1.807) is 0 Å². The Balaban J connectivity index is 2.78. The van der Waals surface area contributed by atoms with Gasteiger partial charge in [-0.15, -0.1) is 0 Å². The van der Waals surface area contributed by atoms with Crippen molar-refractivity contribution < 1.29 is 0 Å². The predicted molar refractivity (Wildman–Crippen MR) is 48.8 cm³/mol. The van der Waals surface area contributed by atoms with Gasteiger partial charge in [-0.25, -0.2) is 0 Å². The Morgan fingerprint density at radius 3 is 2.91 bits per heavy atom. The van der Waals surface area contributed by atoms with Crippen LogP contribution in [0, 0.1) is 0 Å². The molecule has 0 saturated heterocycles. The SMILES string of the molecule is C=Cc1nc2ccccc2[se]1. The molecule has 1 aromatic carbocycles. The molecule has 0 saturated carbocycles. The molecule has 0 atom stereocenters. The zero-order chi connectivity index (χ0) is 7.68. The minimum atomic E-state index is 0.401. The third-order valence-electron chi connectivity index (χ3n) is 1.49. The van der Waals surface area contributed by atoms with Gasteiger partial charge in [0.2, 0.25) is 0 Å². The van der Waals surface area contributed by atoms with Crippen molar-refractivity contribution in [2.45, 2.75) is 0 Å². The molecule has 0 aliphatic heterocycles. The summed E-state index contributed by atoms with van der Waals surface area (Å²) in [6, 6.07) is 8.26. The third kappa shape index (κ3) is 1.15. The Morgan fingerprint density at radius 1 is 1.36 bits per heavy atom. The summed E-state index contributed by atoms with van der Waals surface area (Å²) < 4.78 is 2.51. The fourth-order valence-corrected chi connectivity index (χ4v) is 2.69. The van der Waals surface area contributed by atoms with Crippen molar-refractivity contribution in [1.29, 1.82) is 0 Å². The average Bonchev–Trinajstić information content (AvgIpc) is 2.46. The van der Waals surface area contributed by atoms with Crippen molar-refractivity contribution in [2.24, 2.45) is 0 Å². The van der Waals surface area contributed by atoms with Gasteiger partial charge in [0.25, 0.3) is 0 Å². The first-order valence-corrected chi connectivity index (χ1v) is 5.09. The van der Waals surface area contributed by atoms with E-state index in [9.17, 15) is 0 Å². The van der Waals surface area contributed by atoms with E-state index in [0.29, 0.717) is 14.5 Å². The van der Waals surface area contributed by atoms with Crippen LogP contribution in [0.5, 0.6) is 0 Å². The van der Waals surface area contributed by atoms with Gasteiger partial charge in [-0.3, -0.25) is 0 Å². The molecular formula is C9H7NSe. The van der Waals surface area contributed by atoms with E-state index in [-0.39, 0.29) is 0 Å². The molecule has 0 radical (unpaired) electrons. The number of fused-ring (bicyclic) bond motifs is 1. The third-order valence-corrected chi connectivity index (χ3v) is 3.65. The van der Waals surface area contributed by atoms with Crippen molar-refractivity contribution in [2.75, 3.05) is 0 Å². The summed E-state index contributed by atoms with van der Waals surface area (Å²) in [6.45, 7) is 3.71. The van der Waals surface area contributed by atoms with E-state index in [1.165, 1.54) is 4.26 Å². The molecule has 0 unspecified atom stereocenters. The van der Waals surface area contributed by atoms with Crippen LogP contribution in [-0.2, 0) is 0 Å². The van der Waals surface area contributed by atoms with Gasteiger partial charge in [0.15, 0.2) is 0 Å². The second-order valence-electron chi connectivity index (χ2n) is 2.22. The zero-order valence-corrected chi connectivity index (χ0v) is 7.66. The molecule has 1 heterocycles. The number of hydrogen-bond acceptors (Lipinski definition) is 1. The predicted octanol–water partition coefficient (Wildman–Crippen LogP) is 1.93. The monoisotopic (exact) mass is 209 g/mol. The summed E-state index contributed by atoms with van der Waals surface area (Å²) in [7, 11) is 0. The van der Waals surface area contributed by atoms with Crippen LogP contribution >= 0.6 is 0 Å². The summed E-state index contributed by atoms with van der Waals surface area (Å²) in [5, 5.41) is 0. The summed E-state index contributed by atoms with van der Waals surface area (Å²) >= 11 is 0.401. The molecule has 0 aliphatic rings. The van der Waals surface area contributed by atoms with Gasteiger partial charge in [0.05, 0.1) is 0 Å². The maximum absolute atomic E-state index is 4.40. The van der Waals surface area contributed by atoms with Crippen LogP contribution in [0.3, 0.4) is 0 Å². The van der Waals surface area contributed by atoms with Gasteiger partial charge in [-0.05, 0) is 0 Å². The topological polar surface area (TPSA) is 12.9 Å². The molecule has 1 aromatic heterocycles. The Hall–Kier alpha value is -0.851. The quantitative estimate of drug-likeness (QED) is 0.652. The van der Waals surface area contributed by atoms with Crippen LogP contribution in [0.15, 0.2) is 30.8 Å². The van der Waals surface area contributed by atoms with Crippen molar-refractivity contribution in [1.82, 2.24) is 4.98 Å². The second-order valence-corrected chi connectivity index (χ2v) is 4.45. The summed E-state index contributed by atoms with van der Waals surface area (Å²) in [5.41, 5.74) is 1.13. The fraction of sp³-hybridized carbons (Fsp3) is 0. The van der Waals surface area contributed by atoms with Gasteiger partial charge in [0, 0.05) is 0 Å². The summed E-state index contributed by atoms with van der Waals surface area (Å²) in [6.07, 6.45) is 1.85. The van der Waals surface area contributed by atoms with E-state index in [2.05, 4.69) is 23.7 Å². The number of nitrogens with zero attached hydrogens (tertiary/aromatic N) is 1. The van der Waals surface area contributed by atoms with Crippen LogP contribution in [0.2, 0.25) is 0 Å². The number of rotatable bonds is 1.